The van der Waals surface area contributed by atoms with Gasteiger partial charge in [0, 0.05) is 36.9 Å². The average Bonchev–Trinajstić information content (AvgIpc) is 2.96. The summed E-state index contributed by atoms with van der Waals surface area (Å²) in [5.41, 5.74) is 1.85. The number of anilines is 1. The minimum absolute atomic E-state index is 0.0154. The Bertz CT molecular complexity index is 866. The van der Waals surface area contributed by atoms with E-state index in [9.17, 15) is 14.9 Å². The molecule has 0 spiro atoms. The van der Waals surface area contributed by atoms with Gasteiger partial charge in [0.05, 0.1) is 5.56 Å². The van der Waals surface area contributed by atoms with Crippen molar-refractivity contribution < 1.29 is 9.59 Å². The van der Waals surface area contributed by atoms with Crippen LogP contribution in [0.3, 0.4) is 0 Å². The lowest BCUT2D eigenvalue weighted by molar-refractivity contribution is -0.139. The Kier molecular flexibility index (Phi) is 7.85. The molecule has 174 valence electrons. The zero-order valence-electron chi connectivity index (χ0n) is 19.3. The van der Waals surface area contributed by atoms with Gasteiger partial charge in [0.1, 0.15) is 11.1 Å². The highest BCUT2D eigenvalue weighted by molar-refractivity contribution is 7.16. The number of hydrogen-bond acceptors (Lipinski definition) is 5. The van der Waals surface area contributed by atoms with Crippen LogP contribution < -0.4 is 5.32 Å². The van der Waals surface area contributed by atoms with Gasteiger partial charge < -0.3 is 15.1 Å². The van der Waals surface area contributed by atoms with Gasteiger partial charge in [-0.3, -0.25) is 9.59 Å². The van der Waals surface area contributed by atoms with E-state index >= 15 is 0 Å². The Hall–Kier alpha value is -1.91. The molecule has 3 aliphatic rings. The first-order chi connectivity index (χ1) is 15.5. The van der Waals surface area contributed by atoms with Gasteiger partial charge in [-0.05, 0) is 75.9 Å². The van der Waals surface area contributed by atoms with Crippen LogP contribution in [0.5, 0.6) is 0 Å². The lowest BCUT2D eigenvalue weighted by atomic mass is 9.92. The molecule has 6 nitrogen and oxygen atoms in total. The van der Waals surface area contributed by atoms with Crippen LogP contribution in [0.15, 0.2) is 0 Å². The molecule has 3 heterocycles. The summed E-state index contributed by atoms with van der Waals surface area (Å²) in [6.45, 7) is 6.53. The lowest BCUT2D eigenvalue weighted by Crippen LogP contribution is -2.46. The monoisotopic (exact) mass is 456 g/mol. The number of nitrogens with zero attached hydrogens (tertiary/aromatic N) is 3. The zero-order chi connectivity index (χ0) is 22.5. The smallest absolute Gasteiger partial charge is 0.226 e. The third-order valence-corrected chi connectivity index (χ3v) is 8.55. The molecule has 0 unspecified atom stereocenters. The minimum Gasteiger partial charge on any atom is -0.342 e. The molecule has 4 rings (SSSR count). The fourth-order valence-corrected chi connectivity index (χ4v) is 6.70. The van der Waals surface area contributed by atoms with Gasteiger partial charge in [0.15, 0.2) is 0 Å². The molecular weight excluding hydrogens is 420 g/mol. The number of rotatable bonds is 5. The van der Waals surface area contributed by atoms with Crippen molar-refractivity contribution in [1.82, 2.24) is 9.80 Å². The molecule has 0 aromatic carbocycles. The van der Waals surface area contributed by atoms with Crippen molar-refractivity contribution in [2.45, 2.75) is 71.1 Å². The van der Waals surface area contributed by atoms with E-state index in [-0.39, 0.29) is 11.8 Å². The van der Waals surface area contributed by atoms with E-state index in [2.05, 4.69) is 28.1 Å². The van der Waals surface area contributed by atoms with Crippen molar-refractivity contribution in [2.75, 3.05) is 38.0 Å². The number of aryl methyl sites for hydroxylation is 1. The van der Waals surface area contributed by atoms with Crippen LogP contribution in [0.1, 0.15) is 74.3 Å². The molecule has 0 radical (unpaired) electrons. The summed E-state index contributed by atoms with van der Waals surface area (Å²) in [4.78, 5) is 31.1. The largest absolute Gasteiger partial charge is 0.342 e. The van der Waals surface area contributed by atoms with Crippen molar-refractivity contribution in [3.8, 4) is 6.07 Å². The Labute approximate surface area is 196 Å². The standard InChI is InChI=1S/C25H36N4O2S/c1-18-6-5-12-29(17-18)25(31)19-9-13-28(14-10-19)15-11-23(30)27-24-21(16-26)20-7-3-2-4-8-22(20)32-24/h18-19H,2-15,17H2,1H3,(H,27,30)/t18-/m0/s1. The number of hydrogen-bond donors (Lipinski definition) is 1. The predicted octanol–water partition coefficient (Wildman–Crippen LogP) is 4.19. The van der Waals surface area contributed by atoms with Crippen molar-refractivity contribution >= 4 is 28.2 Å². The molecule has 7 heteroatoms. The highest BCUT2D eigenvalue weighted by Gasteiger charge is 2.30. The van der Waals surface area contributed by atoms with E-state index in [0.717, 1.165) is 69.7 Å². The Balaban J connectivity index is 1.23. The molecule has 2 amide bonds. The normalized spacial score (nSPS) is 22.6. The number of carbonyl (C=O) groups excluding carboxylic acids is 2. The van der Waals surface area contributed by atoms with Crippen LogP contribution in [0.2, 0.25) is 0 Å². The molecule has 2 saturated heterocycles. The number of piperidine rings is 2. The highest BCUT2D eigenvalue weighted by Crippen LogP contribution is 2.37. The lowest BCUT2D eigenvalue weighted by Gasteiger charge is -2.37. The molecule has 2 fully saturated rings. The van der Waals surface area contributed by atoms with Gasteiger partial charge in [-0.1, -0.05) is 13.3 Å². The molecule has 1 aromatic rings. The van der Waals surface area contributed by atoms with Crippen LogP contribution in [0.25, 0.3) is 0 Å². The molecule has 2 aliphatic heterocycles. The van der Waals surface area contributed by atoms with Crippen molar-refractivity contribution in [3.05, 3.63) is 16.0 Å². The molecule has 1 aliphatic carbocycles. The Morgan fingerprint density at radius 1 is 1.09 bits per heavy atom. The van der Waals surface area contributed by atoms with Gasteiger partial charge >= 0.3 is 0 Å². The number of thiophene rings is 1. The van der Waals surface area contributed by atoms with E-state index < -0.39 is 0 Å². The summed E-state index contributed by atoms with van der Waals surface area (Å²) in [7, 11) is 0. The molecule has 1 aromatic heterocycles. The van der Waals surface area contributed by atoms with Crippen LogP contribution in [0.4, 0.5) is 5.00 Å². The fourth-order valence-electron chi connectivity index (χ4n) is 5.45. The SMILES string of the molecule is C[C@H]1CCCN(C(=O)C2CCN(CCC(=O)Nc3sc4c(c3C#N)CCCCC4)CC2)C1. The molecule has 1 N–H and O–H groups in total. The molecule has 1 atom stereocenters. The van der Waals surface area contributed by atoms with Crippen LogP contribution in [-0.4, -0.2) is 54.3 Å². The quantitative estimate of drug-likeness (QED) is 0.674. The first-order valence-corrected chi connectivity index (χ1v) is 13.2. The summed E-state index contributed by atoms with van der Waals surface area (Å²) < 4.78 is 0. The average molecular weight is 457 g/mol. The fraction of sp³-hybridized carbons (Fsp3) is 0.720. The maximum Gasteiger partial charge on any atom is 0.226 e. The second kappa shape index (κ2) is 10.8. The Morgan fingerprint density at radius 2 is 1.88 bits per heavy atom. The topological polar surface area (TPSA) is 76.4 Å². The predicted molar refractivity (Wildman–Crippen MR) is 128 cm³/mol. The van der Waals surface area contributed by atoms with Gasteiger partial charge in [0.25, 0.3) is 0 Å². The van der Waals surface area contributed by atoms with E-state index in [1.165, 1.54) is 29.7 Å². The van der Waals surface area contributed by atoms with Crippen molar-refractivity contribution in [1.29, 1.82) is 5.26 Å². The van der Waals surface area contributed by atoms with E-state index in [0.29, 0.717) is 30.4 Å². The van der Waals surface area contributed by atoms with Gasteiger partial charge in [-0.15, -0.1) is 11.3 Å². The van der Waals surface area contributed by atoms with Crippen LogP contribution in [0, 0.1) is 23.2 Å². The number of nitriles is 1. The van der Waals surface area contributed by atoms with E-state index in [1.54, 1.807) is 11.3 Å². The summed E-state index contributed by atoms with van der Waals surface area (Å²) in [6.07, 6.45) is 10.0. The van der Waals surface area contributed by atoms with Crippen molar-refractivity contribution in [3.63, 3.8) is 0 Å². The molecule has 32 heavy (non-hydrogen) atoms. The van der Waals surface area contributed by atoms with Gasteiger partial charge in [-0.2, -0.15) is 5.26 Å². The Morgan fingerprint density at radius 3 is 2.62 bits per heavy atom. The second-order valence-electron chi connectivity index (χ2n) is 9.83. The second-order valence-corrected chi connectivity index (χ2v) is 10.9. The first-order valence-electron chi connectivity index (χ1n) is 12.4. The molecule has 0 bridgehead atoms. The maximum absolute atomic E-state index is 12.9. The summed E-state index contributed by atoms with van der Waals surface area (Å²) in [5, 5.41) is 13.4. The third kappa shape index (κ3) is 5.52. The first kappa shape index (κ1) is 23.3. The van der Waals surface area contributed by atoms with Crippen LogP contribution in [-0.2, 0) is 22.4 Å². The van der Waals surface area contributed by atoms with E-state index in [1.807, 2.05) is 0 Å². The molecule has 0 saturated carbocycles. The third-order valence-electron chi connectivity index (χ3n) is 7.35. The van der Waals surface area contributed by atoms with Gasteiger partial charge in [-0.25, -0.2) is 0 Å². The number of carbonyl (C=O) groups is 2. The number of nitrogens with one attached hydrogen (secondary N) is 1. The molecular formula is C25H36N4O2S. The zero-order valence-corrected chi connectivity index (χ0v) is 20.1. The summed E-state index contributed by atoms with van der Waals surface area (Å²) in [5.74, 6) is 1.09. The number of likely N-dealkylation sites (tertiary alicyclic amines) is 2. The maximum atomic E-state index is 12.9. The van der Waals surface area contributed by atoms with E-state index in [4.69, 9.17) is 0 Å². The number of amides is 2. The van der Waals surface area contributed by atoms with Gasteiger partial charge in [0.2, 0.25) is 11.8 Å². The summed E-state index contributed by atoms with van der Waals surface area (Å²) in [6, 6.07) is 2.34. The highest BCUT2D eigenvalue weighted by atomic mass is 32.1. The summed E-state index contributed by atoms with van der Waals surface area (Å²) >= 11 is 1.60. The minimum atomic E-state index is -0.0154. The van der Waals surface area contributed by atoms with Crippen LogP contribution >= 0.6 is 11.3 Å². The van der Waals surface area contributed by atoms with Crippen molar-refractivity contribution in [2.24, 2.45) is 11.8 Å². The number of fused-ring (bicyclic) bond motifs is 1.